The fourth-order valence-electron chi connectivity index (χ4n) is 1.99. The van der Waals surface area contributed by atoms with Crippen LogP contribution in [0.5, 0.6) is 0 Å². The number of benzene rings is 1. The fraction of sp³-hybridized carbons (Fsp3) is 0.571. The average molecular weight is 270 g/mol. The lowest BCUT2D eigenvalue weighted by atomic mass is 9.96. The lowest BCUT2D eigenvalue weighted by Crippen LogP contribution is -2.34. The van der Waals surface area contributed by atoms with Crippen LogP contribution in [0.1, 0.15) is 19.4 Å². The topological polar surface area (TPSA) is 12.0 Å². The minimum absolute atomic E-state index is 0.192. The Kier molecular flexibility index (Phi) is 4.40. The van der Waals surface area contributed by atoms with Gasteiger partial charge in [0.05, 0.1) is 0 Å². The molecule has 0 saturated carbocycles. The van der Waals surface area contributed by atoms with Gasteiger partial charge in [0.15, 0.2) is 0 Å². The monoisotopic (exact) mass is 269 g/mol. The van der Waals surface area contributed by atoms with Crippen molar-refractivity contribution >= 4 is 23.4 Å². The van der Waals surface area contributed by atoms with Crippen LogP contribution in [0.15, 0.2) is 29.2 Å². The van der Waals surface area contributed by atoms with E-state index in [1.807, 2.05) is 11.8 Å². The fourth-order valence-corrected chi connectivity index (χ4v) is 3.36. The molecule has 1 aliphatic rings. The van der Waals surface area contributed by atoms with Gasteiger partial charge >= 0.3 is 0 Å². The molecule has 94 valence electrons. The van der Waals surface area contributed by atoms with Crippen LogP contribution in [0.4, 0.5) is 0 Å². The second kappa shape index (κ2) is 5.64. The SMILES string of the molecule is CC(C)(CCl)CNCC1Cc2ccccc2S1. The number of alkyl halides is 1. The maximum absolute atomic E-state index is 5.92. The number of hydrogen-bond donors (Lipinski definition) is 1. The lowest BCUT2D eigenvalue weighted by Gasteiger charge is -2.22. The third-order valence-corrected chi connectivity index (χ3v) is 5.09. The van der Waals surface area contributed by atoms with Gasteiger partial charge in [0.1, 0.15) is 0 Å². The molecule has 0 radical (unpaired) electrons. The molecule has 0 amide bonds. The van der Waals surface area contributed by atoms with E-state index in [4.69, 9.17) is 11.6 Å². The van der Waals surface area contributed by atoms with Crippen LogP contribution in [0.25, 0.3) is 0 Å². The summed E-state index contributed by atoms with van der Waals surface area (Å²) in [6, 6.07) is 8.72. The minimum atomic E-state index is 0.192. The smallest absolute Gasteiger partial charge is 0.0286 e. The number of nitrogens with one attached hydrogen (secondary N) is 1. The van der Waals surface area contributed by atoms with E-state index in [0.717, 1.165) is 13.1 Å². The minimum Gasteiger partial charge on any atom is -0.315 e. The third kappa shape index (κ3) is 3.64. The van der Waals surface area contributed by atoms with Gasteiger partial charge in [0, 0.05) is 29.1 Å². The second-order valence-electron chi connectivity index (χ2n) is 5.48. The normalized spacial score (nSPS) is 19.4. The van der Waals surface area contributed by atoms with Crippen LogP contribution in [-0.2, 0) is 6.42 Å². The highest BCUT2D eigenvalue weighted by molar-refractivity contribution is 8.00. The van der Waals surface area contributed by atoms with Gasteiger partial charge < -0.3 is 5.32 Å². The first kappa shape index (κ1) is 13.3. The molecular weight excluding hydrogens is 250 g/mol. The molecule has 2 rings (SSSR count). The van der Waals surface area contributed by atoms with E-state index >= 15 is 0 Å². The summed E-state index contributed by atoms with van der Waals surface area (Å²) in [6.45, 7) is 6.46. The van der Waals surface area contributed by atoms with Gasteiger partial charge in [0.25, 0.3) is 0 Å². The molecule has 1 nitrogen and oxygen atoms in total. The van der Waals surface area contributed by atoms with Crippen molar-refractivity contribution in [2.24, 2.45) is 5.41 Å². The van der Waals surface area contributed by atoms with Gasteiger partial charge in [-0.2, -0.15) is 0 Å². The van der Waals surface area contributed by atoms with Gasteiger partial charge in [-0.1, -0.05) is 32.0 Å². The van der Waals surface area contributed by atoms with E-state index in [9.17, 15) is 0 Å². The van der Waals surface area contributed by atoms with Crippen molar-refractivity contribution in [2.75, 3.05) is 19.0 Å². The molecule has 0 aromatic heterocycles. The van der Waals surface area contributed by atoms with Crippen LogP contribution in [0, 0.1) is 5.41 Å². The molecule has 1 aliphatic heterocycles. The summed E-state index contributed by atoms with van der Waals surface area (Å²) >= 11 is 7.92. The predicted octanol–water partition coefficient (Wildman–Crippen LogP) is 3.56. The molecule has 1 unspecified atom stereocenters. The standard InChI is InChI=1S/C14H20ClNS/c1-14(2,9-15)10-16-8-12-7-11-5-3-4-6-13(11)17-12/h3-6,12,16H,7-10H2,1-2H3. The zero-order valence-electron chi connectivity index (χ0n) is 10.5. The molecule has 3 heteroatoms. The Labute approximate surface area is 113 Å². The Morgan fingerprint density at radius 3 is 2.88 bits per heavy atom. The Bertz CT molecular complexity index is 353. The molecular formula is C14H20ClNS. The van der Waals surface area contributed by atoms with Crippen molar-refractivity contribution in [3.63, 3.8) is 0 Å². The average Bonchev–Trinajstić information content (AvgIpc) is 2.71. The summed E-state index contributed by atoms with van der Waals surface area (Å²) < 4.78 is 0. The Hall–Kier alpha value is -0.180. The van der Waals surface area contributed by atoms with E-state index in [1.54, 1.807) is 0 Å². The van der Waals surface area contributed by atoms with E-state index in [0.29, 0.717) is 11.1 Å². The molecule has 1 aromatic carbocycles. The van der Waals surface area contributed by atoms with Crippen molar-refractivity contribution in [3.05, 3.63) is 29.8 Å². The summed E-state index contributed by atoms with van der Waals surface area (Å²) in [4.78, 5) is 1.45. The van der Waals surface area contributed by atoms with Gasteiger partial charge in [-0.3, -0.25) is 0 Å². The van der Waals surface area contributed by atoms with Gasteiger partial charge in [0.2, 0.25) is 0 Å². The molecule has 0 fully saturated rings. The van der Waals surface area contributed by atoms with E-state index in [1.165, 1.54) is 16.9 Å². The van der Waals surface area contributed by atoms with Gasteiger partial charge in [-0.15, -0.1) is 23.4 Å². The summed E-state index contributed by atoms with van der Waals surface area (Å²) in [5.41, 5.74) is 1.69. The highest BCUT2D eigenvalue weighted by Gasteiger charge is 2.22. The van der Waals surface area contributed by atoms with Crippen molar-refractivity contribution in [2.45, 2.75) is 30.4 Å². The second-order valence-corrected chi connectivity index (χ2v) is 7.09. The van der Waals surface area contributed by atoms with Crippen LogP contribution < -0.4 is 5.32 Å². The maximum Gasteiger partial charge on any atom is 0.0286 e. The first-order valence-corrected chi connectivity index (χ1v) is 7.53. The first-order valence-electron chi connectivity index (χ1n) is 6.12. The molecule has 1 aromatic rings. The third-order valence-electron chi connectivity index (χ3n) is 3.05. The van der Waals surface area contributed by atoms with Crippen molar-refractivity contribution in [1.29, 1.82) is 0 Å². The van der Waals surface area contributed by atoms with Crippen LogP contribution in [0.2, 0.25) is 0 Å². The molecule has 17 heavy (non-hydrogen) atoms. The predicted molar refractivity (Wildman–Crippen MR) is 77.2 cm³/mol. The van der Waals surface area contributed by atoms with Crippen LogP contribution in [0.3, 0.4) is 0 Å². The highest BCUT2D eigenvalue weighted by atomic mass is 35.5. The first-order chi connectivity index (χ1) is 8.11. The van der Waals surface area contributed by atoms with Crippen molar-refractivity contribution in [1.82, 2.24) is 5.32 Å². The summed E-state index contributed by atoms with van der Waals surface area (Å²) in [6.07, 6.45) is 1.19. The van der Waals surface area contributed by atoms with Crippen LogP contribution in [-0.4, -0.2) is 24.2 Å². The largest absolute Gasteiger partial charge is 0.315 e. The van der Waals surface area contributed by atoms with Gasteiger partial charge in [-0.05, 0) is 23.5 Å². The Morgan fingerprint density at radius 2 is 2.18 bits per heavy atom. The maximum atomic E-state index is 5.92. The molecule has 0 saturated heterocycles. The quantitative estimate of drug-likeness (QED) is 0.821. The zero-order valence-corrected chi connectivity index (χ0v) is 12.1. The van der Waals surface area contributed by atoms with Crippen LogP contribution >= 0.6 is 23.4 Å². The highest BCUT2D eigenvalue weighted by Crippen LogP contribution is 2.36. The number of thioether (sulfide) groups is 1. The molecule has 0 bridgehead atoms. The summed E-state index contributed by atoms with van der Waals surface area (Å²) in [7, 11) is 0. The summed E-state index contributed by atoms with van der Waals surface area (Å²) in [5, 5.41) is 4.23. The lowest BCUT2D eigenvalue weighted by molar-refractivity contribution is 0.386. The van der Waals surface area contributed by atoms with Crippen molar-refractivity contribution in [3.8, 4) is 0 Å². The van der Waals surface area contributed by atoms with Gasteiger partial charge in [-0.25, -0.2) is 0 Å². The zero-order chi connectivity index (χ0) is 12.3. The van der Waals surface area contributed by atoms with E-state index in [-0.39, 0.29) is 5.41 Å². The van der Waals surface area contributed by atoms with Crippen molar-refractivity contribution < 1.29 is 0 Å². The number of halogens is 1. The molecule has 0 aliphatic carbocycles. The molecule has 0 spiro atoms. The summed E-state index contributed by atoms with van der Waals surface area (Å²) in [5.74, 6) is 0.706. The molecule has 1 N–H and O–H groups in total. The Balaban J connectivity index is 1.77. The molecule has 1 atom stereocenters. The Morgan fingerprint density at radius 1 is 1.41 bits per heavy atom. The van der Waals surface area contributed by atoms with E-state index < -0.39 is 0 Å². The number of hydrogen-bond acceptors (Lipinski definition) is 2. The molecule has 1 heterocycles. The van der Waals surface area contributed by atoms with E-state index in [2.05, 4.69) is 43.4 Å². The number of fused-ring (bicyclic) bond motifs is 1. The number of rotatable bonds is 5.